The van der Waals surface area contributed by atoms with Crippen molar-refractivity contribution in [3.05, 3.63) is 0 Å². The molecule has 0 unspecified atom stereocenters. The molecule has 1 saturated heterocycles. The number of hydrogen-bond donors (Lipinski definition) is 2. The zero-order valence-corrected chi connectivity index (χ0v) is 20.7. The van der Waals surface area contributed by atoms with Crippen molar-refractivity contribution in [2.75, 3.05) is 0 Å². The van der Waals surface area contributed by atoms with Crippen LogP contribution in [0.2, 0.25) is 16.6 Å². The van der Waals surface area contributed by atoms with Crippen molar-refractivity contribution in [1.29, 1.82) is 0 Å². The minimum atomic E-state index is -2.08. The largest absolute Gasteiger partial charge is 0.481 e. The first-order valence-corrected chi connectivity index (χ1v) is 13.8. The predicted molar refractivity (Wildman–Crippen MR) is 119 cm³/mol. The van der Waals surface area contributed by atoms with Gasteiger partial charge in [-0.3, -0.25) is 4.79 Å². The number of carbonyl (C=O) groups is 1. The lowest BCUT2D eigenvalue weighted by molar-refractivity contribution is -0.159. The number of aliphatic carboxylic acids is 1. The molecular weight excluding hydrogens is 384 g/mol. The van der Waals surface area contributed by atoms with Crippen molar-refractivity contribution in [2.24, 2.45) is 17.8 Å². The molecule has 29 heavy (non-hydrogen) atoms. The third-order valence-electron chi connectivity index (χ3n) is 7.64. The van der Waals surface area contributed by atoms with Crippen molar-refractivity contribution in [1.82, 2.24) is 0 Å². The van der Waals surface area contributed by atoms with Gasteiger partial charge in [-0.05, 0) is 47.7 Å². The van der Waals surface area contributed by atoms with Gasteiger partial charge in [0, 0.05) is 5.92 Å². The Bertz CT molecular complexity index is 528. The Kier molecular flexibility index (Phi) is 8.39. The number of carboxylic acids is 1. The molecule has 2 rings (SSSR count). The first-order valence-electron chi connectivity index (χ1n) is 11.6. The van der Waals surface area contributed by atoms with Crippen molar-refractivity contribution in [3.63, 3.8) is 0 Å². The fraction of sp³-hybridized carbons (Fsp3) is 0.957. The van der Waals surface area contributed by atoms with Crippen LogP contribution in [0.15, 0.2) is 0 Å². The Morgan fingerprint density at radius 3 is 2.00 bits per heavy atom. The molecular formula is C23H44O5Si. The molecule has 0 radical (unpaired) electrons. The lowest BCUT2D eigenvalue weighted by Crippen LogP contribution is -2.55. The molecule has 7 atom stereocenters. The molecule has 5 nitrogen and oxygen atoms in total. The zero-order chi connectivity index (χ0) is 22.1. The molecule has 0 spiro atoms. The maximum atomic E-state index is 11.5. The maximum absolute atomic E-state index is 11.5. The van der Waals surface area contributed by atoms with Crippen LogP contribution in [0.3, 0.4) is 0 Å². The minimum Gasteiger partial charge on any atom is -0.481 e. The molecule has 0 amide bonds. The Morgan fingerprint density at radius 2 is 1.59 bits per heavy atom. The van der Waals surface area contributed by atoms with Crippen LogP contribution >= 0.6 is 0 Å². The van der Waals surface area contributed by atoms with Crippen LogP contribution in [0.25, 0.3) is 0 Å². The molecule has 0 aromatic rings. The minimum absolute atomic E-state index is 0.00690. The van der Waals surface area contributed by atoms with Gasteiger partial charge in [0.25, 0.3) is 0 Å². The van der Waals surface area contributed by atoms with Gasteiger partial charge in [-0.25, -0.2) is 0 Å². The SMILES string of the molecule is CC(C)[Si](O[C@H]1C[C@@H](C[C@H](O)[C@@H]2C[C@H]2C)O[C@@H](CC(=O)O)[C@@H]1C)(C(C)C)C(C)C. The van der Waals surface area contributed by atoms with E-state index < -0.39 is 14.3 Å². The molecule has 0 aromatic carbocycles. The van der Waals surface area contributed by atoms with Gasteiger partial charge in [0.15, 0.2) is 0 Å². The summed E-state index contributed by atoms with van der Waals surface area (Å²) in [5, 5.41) is 20.0. The normalized spacial score (nSPS) is 34.1. The molecule has 1 aliphatic heterocycles. The summed E-state index contributed by atoms with van der Waals surface area (Å²) in [6, 6.07) is 0. The summed E-state index contributed by atoms with van der Waals surface area (Å²) >= 11 is 0. The molecule has 2 fully saturated rings. The summed E-state index contributed by atoms with van der Waals surface area (Å²) < 4.78 is 13.3. The van der Waals surface area contributed by atoms with Crippen molar-refractivity contribution in [3.8, 4) is 0 Å². The summed E-state index contributed by atoms with van der Waals surface area (Å²) in [4.78, 5) is 11.5. The van der Waals surface area contributed by atoms with Crippen LogP contribution in [0.4, 0.5) is 0 Å². The van der Waals surface area contributed by atoms with Gasteiger partial charge >= 0.3 is 5.97 Å². The lowest BCUT2D eigenvalue weighted by atomic mass is 9.87. The van der Waals surface area contributed by atoms with E-state index in [1.807, 2.05) is 0 Å². The van der Waals surface area contributed by atoms with Crippen LogP contribution in [0.1, 0.15) is 81.1 Å². The number of aliphatic hydroxyl groups excluding tert-OH is 1. The van der Waals surface area contributed by atoms with E-state index in [4.69, 9.17) is 9.16 Å². The van der Waals surface area contributed by atoms with E-state index in [0.29, 0.717) is 34.9 Å². The fourth-order valence-electron chi connectivity index (χ4n) is 5.85. The average Bonchev–Trinajstić information content (AvgIpc) is 3.31. The molecule has 0 aromatic heterocycles. The van der Waals surface area contributed by atoms with E-state index in [1.54, 1.807) is 0 Å². The van der Waals surface area contributed by atoms with Gasteiger partial charge in [0.1, 0.15) is 0 Å². The highest BCUT2D eigenvalue weighted by atomic mass is 28.4. The summed E-state index contributed by atoms with van der Waals surface area (Å²) in [5.41, 5.74) is 1.44. The number of hydrogen-bond acceptors (Lipinski definition) is 4. The van der Waals surface area contributed by atoms with Crippen LogP contribution in [0.5, 0.6) is 0 Å². The molecule has 170 valence electrons. The van der Waals surface area contributed by atoms with Gasteiger partial charge in [0.05, 0.1) is 30.8 Å². The highest BCUT2D eigenvalue weighted by molar-refractivity contribution is 6.77. The Balaban J connectivity index is 2.22. The van der Waals surface area contributed by atoms with Crippen molar-refractivity contribution in [2.45, 2.75) is 122 Å². The smallest absolute Gasteiger partial charge is 0.305 e. The topological polar surface area (TPSA) is 76.0 Å². The van der Waals surface area contributed by atoms with Gasteiger partial charge in [0.2, 0.25) is 8.32 Å². The van der Waals surface area contributed by atoms with E-state index >= 15 is 0 Å². The number of rotatable bonds is 10. The molecule has 0 bridgehead atoms. The molecule has 2 N–H and O–H groups in total. The molecule has 2 aliphatic rings. The van der Waals surface area contributed by atoms with E-state index in [-0.39, 0.29) is 36.8 Å². The van der Waals surface area contributed by atoms with E-state index in [0.717, 1.165) is 12.8 Å². The number of aliphatic hydroxyl groups is 1. The predicted octanol–water partition coefficient (Wildman–Crippen LogP) is 5.22. The number of carboxylic acid groups (broad SMARTS) is 1. The van der Waals surface area contributed by atoms with Gasteiger partial charge < -0.3 is 19.4 Å². The van der Waals surface area contributed by atoms with E-state index in [2.05, 4.69) is 55.4 Å². The average molecular weight is 429 g/mol. The molecule has 1 aliphatic carbocycles. The Labute approximate surface area is 178 Å². The summed E-state index contributed by atoms with van der Waals surface area (Å²) in [7, 11) is -2.08. The van der Waals surface area contributed by atoms with E-state index in [9.17, 15) is 15.0 Å². The first kappa shape index (κ1) is 24.8. The monoisotopic (exact) mass is 428 g/mol. The van der Waals surface area contributed by atoms with Gasteiger partial charge in [-0.2, -0.15) is 0 Å². The second kappa shape index (κ2) is 9.80. The van der Waals surface area contributed by atoms with Crippen LogP contribution in [-0.4, -0.2) is 48.9 Å². The van der Waals surface area contributed by atoms with Gasteiger partial charge in [-0.15, -0.1) is 0 Å². The van der Waals surface area contributed by atoms with Crippen molar-refractivity contribution < 1.29 is 24.2 Å². The maximum Gasteiger partial charge on any atom is 0.305 e. The second-order valence-corrected chi connectivity index (χ2v) is 16.0. The third kappa shape index (κ3) is 5.63. The van der Waals surface area contributed by atoms with Crippen LogP contribution in [-0.2, 0) is 14.0 Å². The first-order chi connectivity index (χ1) is 13.4. The molecule has 1 saturated carbocycles. The summed E-state index contributed by atoms with van der Waals surface area (Å²) in [5.74, 6) is 0.142. The summed E-state index contributed by atoms with van der Waals surface area (Å²) in [6.45, 7) is 17.9. The fourth-order valence-corrected chi connectivity index (χ4v) is 11.5. The van der Waals surface area contributed by atoms with Crippen molar-refractivity contribution >= 4 is 14.3 Å². The zero-order valence-electron chi connectivity index (χ0n) is 19.7. The van der Waals surface area contributed by atoms with Crippen LogP contribution < -0.4 is 0 Å². The van der Waals surface area contributed by atoms with E-state index in [1.165, 1.54) is 0 Å². The molecule has 1 heterocycles. The standard InChI is InChI=1S/C23H44O5Si/c1-13(2)29(14(3)4,15(5)6)28-22-11-18(10-20(24)19-9-16(19)7)27-21(17(22)8)12-23(25)26/h13-22,24H,9-12H2,1-8H3,(H,25,26)/t16-,17+,18-,19-,20+,21+,22+/m1/s1. The Morgan fingerprint density at radius 1 is 1.07 bits per heavy atom. The molecule has 6 heteroatoms. The lowest BCUT2D eigenvalue weighted by Gasteiger charge is -2.49. The summed E-state index contributed by atoms with van der Waals surface area (Å²) in [6.07, 6.45) is 1.52. The van der Waals surface area contributed by atoms with Crippen LogP contribution in [0, 0.1) is 17.8 Å². The third-order valence-corrected chi connectivity index (χ3v) is 13.8. The highest BCUT2D eigenvalue weighted by Crippen LogP contribution is 2.47. The number of ether oxygens (including phenoxy) is 1. The second-order valence-electron chi connectivity index (χ2n) is 10.6. The Hall–Kier alpha value is -0.433. The quantitative estimate of drug-likeness (QED) is 0.466. The van der Waals surface area contributed by atoms with Gasteiger partial charge in [-0.1, -0.05) is 55.4 Å². The highest BCUT2D eigenvalue weighted by Gasteiger charge is 2.50.